The van der Waals surface area contributed by atoms with Gasteiger partial charge in [0.25, 0.3) is 0 Å². The van der Waals surface area contributed by atoms with E-state index < -0.39 is 0 Å². The van der Waals surface area contributed by atoms with Gasteiger partial charge >= 0.3 is 0 Å². The normalized spacial score (nSPS) is 10.7. The molecule has 9 heavy (non-hydrogen) atoms. The van der Waals surface area contributed by atoms with E-state index in [1.54, 1.807) is 6.26 Å². The predicted molar refractivity (Wildman–Crippen MR) is 45.5 cm³/mol. The lowest BCUT2D eigenvalue weighted by atomic mass is 10.2. The van der Waals surface area contributed by atoms with Crippen molar-refractivity contribution in [2.75, 3.05) is 0 Å². The SMILES string of the molecule is CC(C)c1cc(I)co1. The van der Waals surface area contributed by atoms with E-state index >= 15 is 0 Å². The molecule has 0 atom stereocenters. The monoisotopic (exact) mass is 236 g/mol. The maximum Gasteiger partial charge on any atom is 0.107 e. The zero-order chi connectivity index (χ0) is 6.85. The Morgan fingerprint density at radius 1 is 1.56 bits per heavy atom. The molecule has 0 aliphatic heterocycles. The molecular weight excluding hydrogens is 227 g/mol. The molecule has 0 unspecified atom stereocenters. The summed E-state index contributed by atoms with van der Waals surface area (Å²) in [5, 5.41) is 0. The van der Waals surface area contributed by atoms with E-state index in [1.807, 2.05) is 0 Å². The third-order valence-electron chi connectivity index (χ3n) is 1.16. The van der Waals surface area contributed by atoms with Crippen molar-refractivity contribution in [2.45, 2.75) is 19.8 Å². The van der Waals surface area contributed by atoms with Crippen LogP contribution in [-0.2, 0) is 0 Å². The maximum absolute atomic E-state index is 5.22. The zero-order valence-corrected chi connectivity index (χ0v) is 7.68. The Kier molecular flexibility index (Phi) is 2.16. The highest BCUT2D eigenvalue weighted by molar-refractivity contribution is 14.1. The summed E-state index contributed by atoms with van der Waals surface area (Å²) in [5.74, 6) is 1.58. The van der Waals surface area contributed by atoms with Crippen LogP contribution in [0, 0.1) is 3.57 Å². The van der Waals surface area contributed by atoms with E-state index in [9.17, 15) is 0 Å². The van der Waals surface area contributed by atoms with Gasteiger partial charge in [-0.2, -0.15) is 0 Å². The molecule has 1 heterocycles. The summed E-state index contributed by atoms with van der Waals surface area (Å²) in [7, 11) is 0. The molecule has 0 radical (unpaired) electrons. The number of hydrogen-bond acceptors (Lipinski definition) is 1. The van der Waals surface area contributed by atoms with Crippen LogP contribution in [0.1, 0.15) is 25.5 Å². The average molecular weight is 236 g/mol. The highest BCUT2D eigenvalue weighted by atomic mass is 127. The highest BCUT2D eigenvalue weighted by Crippen LogP contribution is 2.17. The van der Waals surface area contributed by atoms with E-state index in [-0.39, 0.29) is 0 Å². The van der Waals surface area contributed by atoms with Crippen molar-refractivity contribution in [1.29, 1.82) is 0 Å². The van der Waals surface area contributed by atoms with Gasteiger partial charge in [-0.15, -0.1) is 0 Å². The number of hydrogen-bond donors (Lipinski definition) is 0. The average Bonchev–Trinajstić information content (AvgIpc) is 2.14. The van der Waals surface area contributed by atoms with Crippen molar-refractivity contribution in [3.63, 3.8) is 0 Å². The summed E-state index contributed by atoms with van der Waals surface area (Å²) in [5.41, 5.74) is 0. The zero-order valence-electron chi connectivity index (χ0n) is 5.52. The first-order valence-corrected chi connectivity index (χ1v) is 4.02. The van der Waals surface area contributed by atoms with Crippen LogP contribution in [-0.4, -0.2) is 0 Å². The molecule has 0 amide bonds. The molecule has 0 saturated heterocycles. The quantitative estimate of drug-likeness (QED) is 0.683. The molecule has 0 aromatic carbocycles. The summed E-state index contributed by atoms with van der Waals surface area (Å²) >= 11 is 2.24. The van der Waals surface area contributed by atoms with E-state index in [1.165, 1.54) is 3.57 Å². The van der Waals surface area contributed by atoms with Crippen LogP contribution in [0.15, 0.2) is 16.7 Å². The second-order valence-electron chi connectivity index (χ2n) is 2.32. The van der Waals surface area contributed by atoms with Gasteiger partial charge < -0.3 is 4.42 Å². The molecule has 0 spiro atoms. The van der Waals surface area contributed by atoms with Crippen LogP contribution in [0.3, 0.4) is 0 Å². The van der Waals surface area contributed by atoms with Crippen LogP contribution in [0.2, 0.25) is 0 Å². The van der Waals surface area contributed by atoms with Crippen molar-refractivity contribution in [2.24, 2.45) is 0 Å². The molecule has 1 rings (SSSR count). The lowest BCUT2D eigenvalue weighted by molar-refractivity contribution is 0.486. The van der Waals surface area contributed by atoms with Gasteiger partial charge in [-0.25, -0.2) is 0 Å². The summed E-state index contributed by atoms with van der Waals surface area (Å²) < 4.78 is 6.40. The third-order valence-corrected chi connectivity index (χ3v) is 1.72. The second-order valence-corrected chi connectivity index (χ2v) is 3.57. The Labute approximate surface area is 68.6 Å². The summed E-state index contributed by atoms with van der Waals surface area (Å²) in [6, 6.07) is 2.06. The first-order chi connectivity index (χ1) is 4.20. The molecule has 1 nitrogen and oxygen atoms in total. The molecule has 0 saturated carbocycles. The molecule has 0 fully saturated rings. The van der Waals surface area contributed by atoms with Crippen LogP contribution in [0.5, 0.6) is 0 Å². The van der Waals surface area contributed by atoms with Gasteiger partial charge in [-0.3, -0.25) is 0 Å². The third kappa shape index (κ3) is 1.71. The van der Waals surface area contributed by atoms with E-state index in [0.29, 0.717) is 5.92 Å². The molecule has 0 aliphatic rings. The largest absolute Gasteiger partial charge is 0.468 e. The number of furan rings is 1. The van der Waals surface area contributed by atoms with Crippen LogP contribution < -0.4 is 0 Å². The molecular formula is C7H9IO. The fourth-order valence-electron chi connectivity index (χ4n) is 0.631. The highest BCUT2D eigenvalue weighted by Gasteiger charge is 2.02. The molecule has 2 heteroatoms. The molecule has 0 N–H and O–H groups in total. The smallest absolute Gasteiger partial charge is 0.107 e. The van der Waals surface area contributed by atoms with Crippen LogP contribution in [0.25, 0.3) is 0 Å². The van der Waals surface area contributed by atoms with Crippen LogP contribution in [0.4, 0.5) is 0 Å². The molecule has 0 bridgehead atoms. The summed E-state index contributed by atoms with van der Waals surface area (Å²) in [6.45, 7) is 4.24. The van der Waals surface area contributed by atoms with Gasteiger partial charge in [-0.05, 0) is 28.7 Å². The van der Waals surface area contributed by atoms with E-state index in [4.69, 9.17) is 4.42 Å². The van der Waals surface area contributed by atoms with E-state index in [2.05, 4.69) is 42.5 Å². The Morgan fingerprint density at radius 3 is 2.44 bits per heavy atom. The number of rotatable bonds is 1. The molecule has 50 valence electrons. The van der Waals surface area contributed by atoms with Gasteiger partial charge in [-0.1, -0.05) is 13.8 Å². The Morgan fingerprint density at radius 2 is 2.22 bits per heavy atom. The lowest BCUT2D eigenvalue weighted by Gasteiger charge is -1.94. The van der Waals surface area contributed by atoms with Crippen molar-refractivity contribution in [3.8, 4) is 0 Å². The Bertz CT molecular complexity index is 191. The first-order valence-electron chi connectivity index (χ1n) is 2.94. The first kappa shape index (κ1) is 7.12. The van der Waals surface area contributed by atoms with Crippen molar-refractivity contribution in [3.05, 3.63) is 21.7 Å². The fourth-order valence-corrected chi connectivity index (χ4v) is 1.07. The predicted octanol–water partition coefficient (Wildman–Crippen LogP) is 3.01. The van der Waals surface area contributed by atoms with Gasteiger partial charge in [0.15, 0.2) is 0 Å². The Balaban J connectivity index is 2.85. The molecule has 1 aromatic heterocycles. The molecule has 1 aromatic rings. The van der Waals surface area contributed by atoms with Crippen LogP contribution >= 0.6 is 22.6 Å². The summed E-state index contributed by atoms with van der Waals surface area (Å²) in [4.78, 5) is 0. The minimum absolute atomic E-state index is 0.508. The fraction of sp³-hybridized carbons (Fsp3) is 0.429. The van der Waals surface area contributed by atoms with Gasteiger partial charge in [0.05, 0.1) is 3.57 Å². The van der Waals surface area contributed by atoms with E-state index in [0.717, 1.165) is 5.76 Å². The standard InChI is InChI=1S/C7H9IO/c1-5(2)7-3-6(8)4-9-7/h3-5H,1-2H3. The minimum atomic E-state index is 0.508. The summed E-state index contributed by atoms with van der Waals surface area (Å²) in [6.07, 6.45) is 1.77. The van der Waals surface area contributed by atoms with Gasteiger partial charge in [0.2, 0.25) is 0 Å². The minimum Gasteiger partial charge on any atom is -0.468 e. The molecule has 0 aliphatic carbocycles. The number of halogens is 1. The maximum atomic E-state index is 5.22. The van der Waals surface area contributed by atoms with Crippen molar-refractivity contribution < 1.29 is 4.42 Å². The second kappa shape index (κ2) is 2.73. The van der Waals surface area contributed by atoms with Crippen molar-refractivity contribution >= 4 is 22.6 Å². The van der Waals surface area contributed by atoms with Gasteiger partial charge in [0.1, 0.15) is 12.0 Å². The Hall–Kier alpha value is 0.01000. The van der Waals surface area contributed by atoms with Crippen molar-refractivity contribution in [1.82, 2.24) is 0 Å². The topological polar surface area (TPSA) is 13.1 Å². The van der Waals surface area contributed by atoms with Gasteiger partial charge in [0, 0.05) is 5.92 Å². The lowest BCUT2D eigenvalue weighted by Crippen LogP contribution is -1.79.